The van der Waals surface area contributed by atoms with Gasteiger partial charge in [-0.25, -0.2) is 0 Å². The third-order valence-corrected chi connectivity index (χ3v) is 5.45. The molecule has 0 saturated heterocycles. The average Bonchev–Trinajstić information content (AvgIpc) is 2.49. The number of methoxy groups -OCH3 is 1. The molecule has 5 rings (SSSR count). The number of halogens is 1. The Kier molecular flexibility index (Phi) is 3.19. The Morgan fingerprint density at radius 2 is 2.04 bits per heavy atom. The van der Waals surface area contributed by atoms with Gasteiger partial charge in [-0.15, -0.1) is 0 Å². The lowest BCUT2D eigenvalue weighted by molar-refractivity contribution is -0.203. The Morgan fingerprint density at radius 3 is 2.71 bits per heavy atom. The summed E-state index contributed by atoms with van der Waals surface area (Å²) < 4.78 is 10.5. The van der Waals surface area contributed by atoms with Crippen molar-refractivity contribution < 1.29 is 23.9 Å². The van der Waals surface area contributed by atoms with E-state index in [0.29, 0.717) is 35.6 Å². The first-order valence-corrected chi connectivity index (χ1v) is 8.14. The van der Waals surface area contributed by atoms with Crippen LogP contribution in [0.4, 0.5) is 0 Å². The minimum atomic E-state index is -0.853. The first-order chi connectivity index (χ1) is 11.4. The number of amides is 1. The van der Waals surface area contributed by atoms with Crippen molar-refractivity contribution in [2.24, 2.45) is 5.41 Å². The number of ether oxygens (including phenoxy) is 2. The van der Waals surface area contributed by atoms with Crippen molar-refractivity contribution in [1.82, 2.24) is 5.32 Å². The van der Waals surface area contributed by atoms with Crippen LogP contribution in [0, 0.1) is 5.41 Å². The molecule has 0 radical (unpaired) electrons. The molecular formula is C17H16ClNO5. The Labute approximate surface area is 143 Å². The predicted octanol–water partition coefficient (Wildman–Crippen LogP) is 1.89. The third-order valence-electron chi connectivity index (χ3n) is 5.21. The fraction of sp³-hybridized carbons (Fsp3) is 0.471. The summed E-state index contributed by atoms with van der Waals surface area (Å²) in [6, 6.07) is 4.77. The maximum atomic E-state index is 12.5. The summed E-state index contributed by atoms with van der Waals surface area (Å²) in [5, 5.41) is 3.40. The van der Waals surface area contributed by atoms with Crippen molar-refractivity contribution in [1.29, 1.82) is 0 Å². The van der Waals surface area contributed by atoms with Crippen LogP contribution in [-0.2, 0) is 14.3 Å². The van der Waals surface area contributed by atoms with E-state index in [2.05, 4.69) is 5.32 Å². The van der Waals surface area contributed by atoms with Gasteiger partial charge in [0.05, 0.1) is 24.5 Å². The summed E-state index contributed by atoms with van der Waals surface area (Å²) in [6.45, 7) is 0. The molecule has 1 aliphatic heterocycles. The molecule has 1 N–H and O–H groups in total. The second-order valence-electron chi connectivity index (χ2n) is 6.95. The minimum Gasteiger partial charge on any atom is -0.479 e. The predicted molar refractivity (Wildman–Crippen MR) is 84.0 cm³/mol. The number of rotatable bonds is 3. The lowest BCUT2D eigenvalue weighted by Gasteiger charge is -2.68. The maximum Gasteiger partial charge on any atom is 0.312 e. The molecule has 1 aromatic rings. The third kappa shape index (κ3) is 2.13. The number of benzene rings is 1. The SMILES string of the molecule is COC(=O)C12CC(NC(=O)C3CC(=O)c4cc(Cl)ccc4O3)(C1)C2. The fourth-order valence-corrected chi connectivity index (χ4v) is 4.31. The average molecular weight is 350 g/mol. The van der Waals surface area contributed by atoms with Gasteiger partial charge in [-0.05, 0) is 37.5 Å². The molecule has 1 heterocycles. The summed E-state index contributed by atoms with van der Waals surface area (Å²) >= 11 is 5.89. The second kappa shape index (κ2) is 4.96. The highest BCUT2D eigenvalue weighted by Gasteiger charge is 2.73. The smallest absolute Gasteiger partial charge is 0.312 e. The quantitative estimate of drug-likeness (QED) is 0.843. The number of hydrogen-bond acceptors (Lipinski definition) is 5. The van der Waals surface area contributed by atoms with Gasteiger partial charge in [0.2, 0.25) is 0 Å². The van der Waals surface area contributed by atoms with Gasteiger partial charge in [-0.3, -0.25) is 14.4 Å². The summed E-state index contributed by atoms with van der Waals surface area (Å²) in [7, 11) is 1.37. The Bertz CT molecular complexity index is 754. The summed E-state index contributed by atoms with van der Waals surface area (Å²) in [6.07, 6.45) is 0.897. The summed E-state index contributed by atoms with van der Waals surface area (Å²) in [5.41, 5.74) is -0.367. The Morgan fingerprint density at radius 1 is 1.33 bits per heavy atom. The van der Waals surface area contributed by atoms with E-state index in [9.17, 15) is 14.4 Å². The number of hydrogen-bond donors (Lipinski definition) is 1. The monoisotopic (exact) mass is 349 g/mol. The van der Waals surface area contributed by atoms with Crippen LogP contribution in [0.3, 0.4) is 0 Å². The van der Waals surface area contributed by atoms with E-state index in [4.69, 9.17) is 21.1 Å². The van der Waals surface area contributed by atoms with Crippen LogP contribution in [0.15, 0.2) is 18.2 Å². The topological polar surface area (TPSA) is 81.7 Å². The standard InChI is InChI=1S/C17H16ClNO5/c1-23-15(22)16-6-17(7-16,8-16)19-14(21)13-5-11(20)10-4-9(18)2-3-12(10)24-13/h2-4,13H,5-8H2,1H3,(H,19,21). The van der Waals surface area contributed by atoms with Crippen molar-refractivity contribution in [3.8, 4) is 5.75 Å². The molecule has 1 atom stereocenters. The zero-order valence-corrected chi connectivity index (χ0v) is 13.8. The highest BCUT2D eigenvalue weighted by Crippen LogP contribution is 2.67. The molecule has 6 nitrogen and oxygen atoms in total. The zero-order chi connectivity index (χ0) is 17.1. The number of ketones is 1. The van der Waals surface area contributed by atoms with Gasteiger partial charge in [0.1, 0.15) is 5.75 Å². The van der Waals surface area contributed by atoms with E-state index in [1.807, 2.05) is 0 Å². The molecule has 3 aliphatic carbocycles. The van der Waals surface area contributed by atoms with E-state index >= 15 is 0 Å². The van der Waals surface area contributed by atoms with E-state index in [1.54, 1.807) is 18.2 Å². The number of fused-ring (bicyclic) bond motifs is 1. The van der Waals surface area contributed by atoms with Gasteiger partial charge in [0.15, 0.2) is 11.9 Å². The van der Waals surface area contributed by atoms with Crippen LogP contribution in [0.5, 0.6) is 5.75 Å². The van der Waals surface area contributed by atoms with Crippen molar-refractivity contribution in [3.63, 3.8) is 0 Å². The number of Topliss-reactive ketones (excluding diaryl/α,β-unsaturated/α-hetero) is 1. The van der Waals surface area contributed by atoms with Gasteiger partial charge in [0, 0.05) is 10.6 Å². The number of nitrogens with one attached hydrogen (secondary N) is 1. The van der Waals surface area contributed by atoms with Gasteiger partial charge < -0.3 is 14.8 Å². The minimum absolute atomic E-state index is 0.0165. The van der Waals surface area contributed by atoms with Crippen molar-refractivity contribution in [2.45, 2.75) is 37.3 Å². The molecule has 0 aromatic heterocycles. The van der Waals surface area contributed by atoms with Gasteiger partial charge in [-0.1, -0.05) is 11.6 Å². The van der Waals surface area contributed by atoms with E-state index < -0.39 is 11.5 Å². The molecule has 3 saturated carbocycles. The first-order valence-electron chi connectivity index (χ1n) is 7.76. The lowest BCUT2D eigenvalue weighted by atomic mass is 9.39. The number of carbonyl (C=O) groups is 3. The normalized spacial score (nSPS) is 32.6. The van der Waals surface area contributed by atoms with Crippen LogP contribution in [0.2, 0.25) is 5.02 Å². The molecule has 3 fully saturated rings. The van der Waals surface area contributed by atoms with Crippen molar-refractivity contribution >= 4 is 29.3 Å². The summed E-state index contributed by atoms with van der Waals surface area (Å²) in [5.74, 6) is -0.322. The van der Waals surface area contributed by atoms with E-state index in [0.717, 1.165) is 0 Å². The summed E-state index contributed by atoms with van der Waals surface area (Å²) in [4.78, 5) is 36.4. The number of carbonyl (C=O) groups excluding carboxylic acids is 3. The van der Waals surface area contributed by atoms with Crippen LogP contribution >= 0.6 is 11.6 Å². The van der Waals surface area contributed by atoms with Gasteiger partial charge >= 0.3 is 5.97 Å². The lowest BCUT2D eigenvalue weighted by Crippen LogP contribution is -2.77. The second-order valence-corrected chi connectivity index (χ2v) is 7.38. The maximum absolute atomic E-state index is 12.5. The molecular weight excluding hydrogens is 334 g/mol. The van der Waals surface area contributed by atoms with Crippen LogP contribution in [0.1, 0.15) is 36.0 Å². The molecule has 2 bridgehead atoms. The first kappa shape index (κ1) is 15.4. The highest BCUT2D eigenvalue weighted by atomic mass is 35.5. The van der Waals surface area contributed by atoms with E-state index in [1.165, 1.54) is 7.11 Å². The number of esters is 1. The van der Waals surface area contributed by atoms with Gasteiger partial charge in [0.25, 0.3) is 5.91 Å². The zero-order valence-electron chi connectivity index (χ0n) is 13.1. The molecule has 126 valence electrons. The van der Waals surface area contributed by atoms with E-state index in [-0.39, 0.29) is 29.6 Å². The molecule has 0 spiro atoms. The molecule has 24 heavy (non-hydrogen) atoms. The van der Waals surface area contributed by atoms with Crippen LogP contribution in [0.25, 0.3) is 0 Å². The van der Waals surface area contributed by atoms with Crippen molar-refractivity contribution in [2.75, 3.05) is 7.11 Å². The molecule has 1 unspecified atom stereocenters. The molecule has 1 amide bonds. The fourth-order valence-electron chi connectivity index (χ4n) is 4.14. The van der Waals surface area contributed by atoms with Crippen LogP contribution < -0.4 is 10.1 Å². The van der Waals surface area contributed by atoms with Crippen molar-refractivity contribution in [3.05, 3.63) is 28.8 Å². The molecule has 1 aromatic carbocycles. The molecule has 4 aliphatic rings. The highest BCUT2D eigenvalue weighted by molar-refractivity contribution is 6.31. The Hall–Kier alpha value is -2.08. The van der Waals surface area contributed by atoms with Crippen LogP contribution in [-0.4, -0.2) is 36.4 Å². The largest absolute Gasteiger partial charge is 0.479 e. The van der Waals surface area contributed by atoms with Gasteiger partial charge in [-0.2, -0.15) is 0 Å². The Balaban J connectivity index is 1.42. The molecule has 7 heteroatoms.